The third-order valence-corrected chi connectivity index (χ3v) is 3.05. The van der Waals surface area contributed by atoms with E-state index < -0.39 is 0 Å². The van der Waals surface area contributed by atoms with Crippen LogP contribution < -0.4 is 14.9 Å². The van der Waals surface area contributed by atoms with Crippen molar-refractivity contribution >= 4 is 23.8 Å². The average molecular weight is 257 g/mol. The fourth-order valence-corrected chi connectivity index (χ4v) is 2.06. The molecule has 0 spiro atoms. The number of aromatic nitrogens is 2. The molecule has 1 heterocycles. The molecule has 0 unspecified atom stereocenters. The summed E-state index contributed by atoms with van der Waals surface area (Å²) in [5.74, 6) is 1.79. The fraction of sp³-hybridized carbons (Fsp3) is 0.600. The van der Waals surface area contributed by atoms with E-state index in [1.807, 2.05) is 7.05 Å². The van der Waals surface area contributed by atoms with Crippen LogP contribution in [0.1, 0.15) is 12.6 Å². The number of nitrogens with zero attached hydrogens (tertiary/aromatic N) is 2. The highest BCUT2D eigenvalue weighted by Gasteiger charge is 2.08. The maximum atomic E-state index is 10.9. The lowest BCUT2D eigenvalue weighted by Crippen LogP contribution is -2.29. The molecule has 0 saturated heterocycles. The standard InChI is InChI=1S/C10H19N5OS/c1-4-8-9(13-7-12-8)15(3)5-6-17-14-10(16)11-2/h7H,4-6H2,1-3H3,(H,12,13)(H2,11,14,16). The highest BCUT2D eigenvalue weighted by atomic mass is 32.2. The molecule has 96 valence electrons. The number of rotatable bonds is 6. The summed E-state index contributed by atoms with van der Waals surface area (Å²) in [7, 11) is 3.59. The van der Waals surface area contributed by atoms with Gasteiger partial charge in [0.1, 0.15) is 5.82 Å². The maximum absolute atomic E-state index is 10.9. The van der Waals surface area contributed by atoms with E-state index in [-0.39, 0.29) is 6.03 Å². The van der Waals surface area contributed by atoms with Gasteiger partial charge < -0.3 is 15.2 Å². The van der Waals surface area contributed by atoms with Crippen LogP contribution in [0.3, 0.4) is 0 Å². The summed E-state index contributed by atoms with van der Waals surface area (Å²) < 4.78 is 2.67. The predicted molar refractivity (Wildman–Crippen MR) is 71.3 cm³/mol. The van der Waals surface area contributed by atoms with Gasteiger partial charge in [0.05, 0.1) is 12.0 Å². The number of urea groups is 1. The highest BCUT2D eigenvalue weighted by Crippen LogP contribution is 2.14. The smallest absolute Gasteiger partial charge is 0.324 e. The highest BCUT2D eigenvalue weighted by molar-refractivity contribution is 7.97. The Bertz CT molecular complexity index is 354. The molecule has 17 heavy (non-hydrogen) atoms. The topological polar surface area (TPSA) is 73.0 Å². The zero-order valence-corrected chi connectivity index (χ0v) is 11.2. The Labute approximate surface area is 106 Å². The minimum atomic E-state index is -0.174. The monoisotopic (exact) mass is 257 g/mol. The minimum Gasteiger partial charge on any atom is -0.357 e. The number of aryl methyl sites for hydroxylation is 1. The van der Waals surface area contributed by atoms with Gasteiger partial charge in [-0.05, 0) is 18.4 Å². The number of carbonyl (C=O) groups excluding carboxylic acids is 1. The number of hydrogen-bond donors (Lipinski definition) is 3. The third kappa shape index (κ3) is 4.18. The Balaban J connectivity index is 2.30. The van der Waals surface area contributed by atoms with Crippen molar-refractivity contribution in [2.75, 3.05) is 31.3 Å². The van der Waals surface area contributed by atoms with E-state index in [1.165, 1.54) is 11.9 Å². The van der Waals surface area contributed by atoms with Crippen molar-refractivity contribution in [3.8, 4) is 0 Å². The van der Waals surface area contributed by atoms with Gasteiger partial charge >= 0.3 is 6.03 Å². The first-order valence-corrected chi connectivity index (χ1v) is 6.50. The number of amides is 2. The lowest BCUT2D eigenvalue weighted by molar-refractivity contribution is 0.248. The van der Waals surface area contributed by atoms with Crippen molar-refractivity contribution < 1.29 is 4.79 Å². The molecule has 2 amide bonds. The van der Waals surface area contributed by atoms with Crippen LogP contribution >= 0.6 is 11.9 Å². The van der Waals surface area contributed by atoms with Crippen LogP contribution in [0.15, 0.2) is 6.33 Å². The molecule has 0 aromatic carbocycles. The van der Waals surface area contributed by atoms with Crippen molar-refractivity contribution in [2.24, 2.45) is 0 Å². The maximum Gasteiger partial charge on any atom is 0.324 e. The lowest BCUT2D eigenvalue weighted by atomic mass is 10.3. The largest absolute Gasteiger partial charge is 0.357 e. The Hall–Kier alpha value is -1.37. The molecule has 3 N–H and O–H groups in total. The van der Waals surface area contributed by atoms with Crippen LogP contribution in [-0.4, -0.2) is 42.4 Å². The van der Waals surface area contributed by atoms with Crippen LogP contribution in [0.25, 0.3) is 0 Å². The zero-order chi connectivity index (χ0) is 12.7. The molecule has 6 nitrogen and oxygen atoms in total. The first-order valence-electron chi connectivity index (χ1n) is 5.52. The number of H-pyrrole nitrogens is 1. The molecular weight excluding hydrogens is 238 g/mol. The van der Waals surface area contributed by atoms with Crippen LogP contribution in [0, 0.1) is 0 Å². The van der Waals surface area contributed by atoms with E-state index in [9.17, 15) is 4.79 Å². The zero-order valence-electron chi connectivity index (χ0n) is 10.4. The lowest BCUT2D eigenvalue weighted by Gasteiger charge is -2.17. The molecule has 7 heteroatoms. The molecule has 0 aliphatic rings. The number of hydrogen-bond acceptors (Lipinski definition) is 4. The molecule has 0 fully saturated rings. The van der Waals surface area contributed by atoms with Gasteiger partial charge in [0.25, 0.3) is 0 Å². The van der Waals surface area contributed by atoms with Crippen molar-refractivity contribution in [3.05, 3.63) is 12.0 Å². The summed E-state index contributed by atoms with van der Waals surface area (Å²) in [5.41, 5.74) is 1.14. The second kappa shape index (κ2) is 7.05. The van der Waals surface area contributed by atoms with Crippen LogP contribution in [0.4, 0.5) is 10.6 Å². The second-order valence-electron chi connectivity index (χ2n) is 3.51. The van der Waals surface area contributed by atoms with Crippen molar-refractivity contribution in [1.82, 2.24) is 20.0 Å². The Morgan fingerprint density at radius 2 is 2.41 bits per heavy atom. The Kier molecular flexibility index (Phi) is 5.68. The van der Waals surface area contributed by atoms with E-state index in [1.54, 1.807) is 13.4 Å². The molecule has 0 radical (unpaired) electrons. The third-order valence-electron chi connectivity index (χ3n) is 2.33. The van der Waals surface area contributed by atoms with Gasteiger partial charge in [0.2, 0.25) is 0 Å². The summed E-state index contributed by atoms with van der Waals surface area (Å²) in [6.45, 7) is 2.92. The van der Waals surface area contributed by atoms with Crippen LogP contribution in [-0.2, 0) is 6.42 Å². The average Bonchev–Trinajstić information content (AvgIpc) is 2.82. The summed E-state index contributed by atoms with van der Waals surface area (Å²) in [6, 6.07) is -0.174. The van der Waals surface area contributed by atoms with Crippen molar-refractivity contribution in [3.63, 3.8) is 0 Å². The van der Waals surface area contributed by atoms with E-state index in [4.69, 9.17) is 0 Å². The van der Waals surface area contributed by atoms with Gasteiger partial charge in [0.15, 0.2) is 0 Å². The van der Waals surface area contributed by atoms with E-state index in [0.717, 1.165) is 30.2 Å². The summed E-state index contributed by atoms with van der Waals surface area (Å²) in [5, 5.41) is 2.50. The molecular formula is C10H19N5OS. The molecule has 0 saturated carbocycles. The first-order chi connectivity index (χ1) is 8.19. The summed E-state index contributed by atoms with van der Waals surface area (Å²) >= 11 is 1.38. The van der Waals surface area contributed by atoms with E-state index in [0.29, 0.717) is 0 Å². The molecule has 1 aromatic rings. The summed E-state index contributed by atoms with van der Waals surface area (Å²) in [6.07, 6.45) is 2.64. The second-order valence-corrected chi connectivity index (χ2v) is 4.41. The molecule has 0 atom stereocenters. The van der Waals surface area contributed by atoms with Gasteiger partial charge in [-0.3, -0.25) is 4.72 Å². The van der Waals surface area contributed by atoms with Crippen LogP contribution in [0.5, 0.6) is 0 Å². The fourth-order valence-electron chi connectivity index (χ4n) is 1.36. The van der Waals surface area contributed by atoms with Gasteiger partial charge in [-0.25, -0.2) is 9.78 Å². The minimum absolute atomic E-state index is 0.174. The predicted octanol–water partition coefficient (Wildman–Crippen LogP) is 0.985. The Morgan fingerprint density at radius 3 is 3.06 bits per heavy atom. The number of imidazole rings is 1. The van der Waals surface area contributed by atoms with Gasteiger partial charge in [-0.1, -0.05) is 6.92 Å². The van der Waals surface area contributed by atoms with E-state index >= 15 is 0 Å². The number of carbonyl (C=O) groups is 1. The van der Waals surface area contributed by atoms with Gasteiger partial charge in [-0.15, -0.1) is 0 Å². The van der Waals surface area contributed by atoms with Crippen molar-refractivity contribution in [2.45, 2.75) is 13.3 Å². The Morgan fingerprint density at radius 1 is 1.65 bits per heavy atom. The quantitative estimate of drug-likeness (QED) is 0.525. The molecule has 0 bridgehead atoms. The molecule has 0 aliphatic carbocycles. The number of nitrogens with one attached hydrogen (secondary N) is 3. The van der Waals surface area contributed by atoms with E-state index in [2.05, 4.69) is 31.8 Å². The van der Waals surface area contributed by atoms with Gasteiger partial charge in [-0.2, -0.15) is 0 Å². The molecule has 1 aromatic heterocycles. The van der Waals surface area contributed by atoms with Gasteiger partial charge in [0, 0.05) is 26.4 Å². The first kappa shape index (κ1) is 13.7. The van der Waals surface area contributed by atoms with Crippen LogP contribution in [0.2, 0.25) is 0 Å². The number of anilines is 1. The molecule has 0 aliphatic heterocycles. The van der Waals surface area contributed by atoms with Crippen molar-refractivity contribution in [1.29, 1.82) is 0 Å². The normalized spacial score (nSPS) is 10.1. The number of aromatic amines is 1. The SMILES string of the molecule is CCc1[nH]cnc1N(C)CCSNC(=O)NC. The summed E-state index contributed by atoms with van der Waals surface area (Å²) in [4.78, 5) is 20.4. The molecule has 1 rings (SSSR count).